The zero-order valence-corrected chi connectivity index (χ0v) is 19.9. The largest absolute Gasteiger partial charge is 0.573 e. The first-order valence-corrected chi connectivity index (χ1v) is 10.6. The number of carbonyl (C=O) groups excluding carboxylic acids is 1. The van der Waals surface area contributed by atoms with Crippen LogP contribution in [0.1, 0.15) is 54.4 Å². The standard InChI is InChI=1S/C26H31F3O4/c1-8-18-15-22(19-11-9-10-12-21(19)32-26(27,28)29)31-20(18)13-14-24(4,5)16-25(6,7)33-23(30)17(2)3/h8-13,15H,2,14,16H2,1,3-7H3/b18-8-,20-13+. The van der Waals surface area contributed by atoms with Gasteiger partial charge in [0.1, 0.15) is 22.5 Å². The van der Waals surface area contributed by atoms with Gasteiger partial charge in [0.05, 0.1) is 5.56 Å². The third-order valence-electron chi connectivity index (χ3n) is 4.94. The van der Waals surface area contributed by atoms with E-state index in [2.05, 4.69) is 11.3 Å². The Morgan fingerprint density at radius 3 is 2.36 bits per heavy atom. The van der Waals surface area contributed by atoms with Crippen LogP contribution in [0.15, 0.2) is 46.9 Å². The zero-order valence-electron chi connectivity index (χ0n) is 19.9. The summed E-state index contributed by atoms with van der Waals surface area (Å²) in [5.74, 6) is -0.477. The Labute approximate surface area is 192 Å². The van der Waals surface area contributed by atoms with Crippen molar-refractivity contribution >= 4 is 18.1 Å². The van der Waals surface area contributed by atoms with E-state index in [0.717, 1.165) is 5.22 Å². The molecule has 0 aliphatic rings. The predicted octanol–water partition coefficient (Wildman–Crippen LogP) is 6.13. The van der Waals surface area contributed by atoms with Crippen molar-refractivity contribution in [2.75, 3.05) is 0 Å². The van der Waals surface area contributed by atoms with E-state index in [1.807, 2.05) is 46.8 Å². The molecule has 180 valence electrons. The predicted molar refractivity (Wildman–Crippen MR) is 123 cm³/mol. The van der Waals surface area contributed by atoms with Crippen LogP contribution in [-0.2, 0) is 9.53 Å². The number of carbonyl (C=O) groups is 1. The van der Waals surface area contributed by atoms with Crippen molar-refractivity contribution in [3.8, 4) is 17.1 Å². The molecule has 0 spiro atoms. The van der Waals surface area contributed by atoms with Crippen LogP contribution < -0.4 is 15.4 Å². The SMILES string of the molecule is C=C(C)C(=O)OC(C)(C)CC(C)(C)C/C=c1/oc(-c2ccccc2OC(F)(F)F)c/c1=C/C. The molecular weight excluding hydrogens is 433 g/mol. The molecule has 0 saturated heterocycles. The lowest BCUT2D eigenvalue weighted by Crippen LogP contribution is -2.34. The minimum atomic E-state index is -4.80. The molecule has 0 aliphatic carbocycles. The van der Waals surface area contributed by atoms with Gasteiger partial charge in [-0.15, -0.1) is 13.2 Å². The Kier molecular flexibility index (Phi) is 7.88. The highest BCUT2D eigenvalue weighted by Gasteiger charge is 2.33. The second-order valence-corrected chi connectivity index (χ2v) is 9.44. The number of hydrogen-bond acceptors (Lipinski definition) is 4. The van der Waals surface area contributed by atoms with Crippen molar-refractivity contribution in [3.05, 3.63) is 53.1 Å². The third kappa shape index (κ3) is 7.84. The summed E-state index contributed by atoms with van der Waals surface area (Å²) in [4.78, 5) is 11.9. The smallest absolute Gasteiger partial charge is 0.456 e. The fourth-order valence-corrected chi connectivity index (χ4v) is 3.79. The van der Waals surface area contributed by atoms with E-state index < -0.39 is 17.9 Å². The van der Waals surface area contributed by atoms with Gasteiger partial charge in [-0.05, 0) is 70.2 Å². The lowest BCUT2D eigenvalue weighted by Gasteiger charge is -2.34. The molecule has 0 radical (unpaired) electrons. The van der Waals surface area contributed by atoms with Crippen LogP contribution in [0.25, 0.3) is 23.5 Å². The first-order chi connectivity index (χ1) is 15.1. The number of ether oxygens (including phenoxy) is 2. The molecule has 7 heteroatoms. The van der Waals surface area contributed by atoms with Crippen LogP contribution in [0.4, 0.5) is 13.2 Å². The van der Waals surface area contributed by atoms with Crippen LogP contribution in [0, 0.1) is 5.41 Å². The maximum absolute atomic E-state index is 12.8. The highest BCUT2D eigenvalue weighted by Crippen LogP contribution is 2.35. The molecule has 2 rings (SSSR count). The van der Waals surface area contributed by atoms with Gasteiger partial charge in [-0.1, -0.05) is 38.6 Å². The molecule has 0 amide bonds. The second-order valence-electron chi connectivity index (χ2n) is 9.44. The van der Waals surface area contributed by atoms with Crippen LogP contribution in [-0.4, -0.2) is 17.9 Å². The van der Waals surface area contributed by atoms with E-state index in [1.165, 1.54) is 18.2 Å². The van der Waals surface area contributed by atoms with Crippen molar-refractivity contribution in [3.63, 3.8) is 0 Å². The highest BCUT2D eigenvalue weighted by atomic mass is 19.4. The van der Waals surface area contributed by atoms with Gasteiger partial charge in [0.2, 0.25) is 0 Å². The molecule has 1 aromatic heterocycles. The van der Waals surface area contributed by atoms with Crippen molar-refractivity contribution in [1.29, 1.82) is 0 Å². The quantitative estimate of drug-likeness (QED) is 0.348. The molecule has 0 fully saturated rings. The molecule has 0 bridgehead atoms. The number of benzene rings is 1. The number of rotatable bonds is 8. The van der Waals surface area contributed by atoms with Crippen molar-refractivity contribution in [2.45, 2.75) is 66.3 Å². The summed E-state index contributed by atoms with van der Waals surface area (Å²) in [5, 5.41) is 0.760. The zero-order chi connectivity index (χ0) is 25.0. The molecule has 0 aliphatic heterocycles. The Morgan fingerprint density at radius 1 is 1.15 bits per heavy atom. The van der Waals surface area contributed by atoms with Crippen LogP contribution >= 0.6 is 0 Å². The van der Waals surface area contributed by atoms with Gasteiger partial charge in [0, 0.05) is 10.8 Å². The Hall–Kier alpha value is -2.96. The molecule has 0 N–H and O–H groups in total. The summed E-state index contributed by atoms with van der Waals surface area (Å²) in [6, 6.07) is 7.55. The van der Waals surface area contributed by atoms with Crippen molar-refractivity contribution in [2.24, 2.45) is 5.41 Å². The molecule has 0 atom stereocenters. The van der Waals surface area contributed by atoms with Crippen LogP contribution in [0.2, 0.25) is 0 Å². The lowest BCUT2D eigenvalue weighted by atomic mass is 9.79. The van der Waals surface area contributed by atoms with E-state index in [4.69, 9.17) is 9.15 Å². The van der Waals surface area contributed by atoms with Crippen molar-refractivity contribution in [1.82, 2.24) is 0 Å². The van der Waals surface area contributed by atoms with Crippen LogP contribution in [0.3, 0.4) is 0 Å². The molecule has 1 aromatic carbocycles. The molecule has 0 unspecified atom stereocenters. The van der Waals surface area contributed by atoms with E-state index in [1.54, 1.807) is 19.1 Å². The normalized spacial score (nSPS) is 13.8. The monoisotopic (exact) mass is 464 g/mol. The average Bonchev–Trinajstić information content (AvgIpc) is 3.07. The molecule has 1 heterocycles. The van der Waals surface area contributed by atoms with E-state index in [-0.39, 0.29) is 22.5 Å². The maximum Gasteiger partial charge on any atom is 0.573 e. The third-order valence-corrected chi connectivity index (χ3v) is 4.94. The fourth-order valence-electron chi connectivity index (χ4n) is 3.79. The molecule has 33 heavy (non-hydrogen) atoms. The number of halogens is 3. The summed E-state index contributed by atoms with van der Waals surface area (Å²) in [7, 11) is 0. The molecule has 4 nitrogen and oxygen atoms in total. The molecule has 0 saturated carbocycles. The fraction of sp³-hybridized carbons (Fsp3) is 0.423. The Bertz CT molecular complexity index is 1120. The van der Waals surface area contributed by atoms with Gasteiger partial charge in [-0.3, -0.25) is 0 Å². The summed E-state index contributed by atoms with van der Waals surface area (Å²) in [6.45, 7) is 14.8. The van der Waals surface area contributed by atoms with Gasteiger partial charge in [-0.2, -0.15) is 0 Å². The number of esters is 1. The van der Waals surface area contributed by atoms with Crippen LogP contribution in [0.5, 0.6) is 5.75 Å². The van der Waals surface area contributed by atoms with E-state index in [0.29, 0.717) is 23.8 Å². The summed E-state index contributed by atoms with van der Waals surface area (Å²) in [6.07, 6.45) is 0.105. The van der Waals surface area contributed by atoms with E-state index in [9.17, 15) is 18.0 Å². The van der Waals surface area contributed by atoms with E-state index >= 15 is 0 Å². The molecule has 2 aromatic rings. The maximum atomic E-state index is 12.8. The highest BCUT2D eigenvalue weighted by molar-refractivity contribution is 5.87. The number of hydrogen-bond donors (Lipinski definition) is 0. The Balaban J connectivity index is 2.32. The summed E-state index contributed by atoms with van der Waals surface area (Å²) in [5.41, 5.74) is 0.154. The van der Waals surface area contributed by atoms with Gasteiger partial charge < -0.3 is 13.9 Å². The van der Waals surface area contributed by atoms with Crippen molar-refractivity contribution < 1.29 is 31.9 Å². The van der Waals surface area contributed by atoms with Gasteiger partial charge >= 0.3 is 12.3 Å². The number of para-hydroxylation sites is 1. The topological polar surface area (TPSA) is 48.7 Å². The second kappa shape index (κ2) is 9.89. The first-order valence-electron chi connectivity index (χ1n) is 10.6. The lowest BCUT2D eigenvalue weighted by molar-refractivity contribution is -0.274. The minimum absolute atomic E-state index is 0.213. The number of alkyl halides is 3. The summed E-state index contributed by atoms with van der Waals surface area (Å²) >= 11 is 0. The van der Waals surface area contributed by atoms with Gasteiger partial charge in [0.25, 0.3) is 0 Å². The summed E-state index contributed by atoms with van der Waals surface area (Å²) < 4.78 is 54.0. The molecular formula is C26H31F3O4. The average molecular weight is 465 g/mol. The Morgan fingerprint density at radius 2 is 1.79 bits per heavy atom. The first kappa shape index (κ1) is 26.3. The van der Waals surface area contributed by atoms with Gasteiger partial charge in [-0.25, -0.2) is 4.79 Å². The minimum Gasteiger partial charge on any atom is -0.456 e. The van der Waals surface area contributed by atoms with Gasteiger partial charge in [0.15, 0.2) is 0 Å². The number of furan rings is 1.